The lowest BCUT2D eigenvalue weighted by Gasteiger charge is -2.59. The average molecular weight is 1710 g/mol. The van der Waals surface area contributed by atoms with E-state index in [9.17, 15) is 79.5 Å². The Hall–Kier alpha value is -7.62. The third-order valence-corrected chi connectivity index (χ3v) is 31.0. The Morgan fingerprint density at radius 1 is 0.445 bits per heavy atom. The van der Waals surface area contributed by atoms with Crippen LogP contribution in [0.5, 0.6) is 0 Å². The zero-order valence-electron chi connectivity index (χ0n) is 70.3. The number of carbonyl (C=O) groups is 12. The summed E-state index contributed by atoms with van der Waals surface area (Å²) in [5.41, 5.74) is -0.640. The van der Waals surface area contributed by atoms with E-state index in [0.717, 1.165) is 70.6 Å². The fraction of sp³-hybridized carbons (Fsp3) is 0.767. The maximum Gasteiger partial charge on any atom is 0.333 e. The second-order valence-electron chi connectivity index (χ2n) is 37.5. The van der Waals surface area contributed by atoms with Crippen LogP contribution >= 0.6 is 0 Å². The molecular formula is C86H120O31S2. The zero-order valence-corrected chi connectivity index (χ0v) is 72.0. The highest BCUT2D eigenvalue weighted by Gasteiger charge is 2.69. The van der Waals surface area contributed by atoms with Crippen molar-refractivity contribution in [2.24, 2.45) is 81.8 Å². The molecule has 1 N–H and O–H groups in total. The predicted octanol–water partition coefficient (Wildman–Crippen LogP) is 9.42. The lowest BCUT2D eigenvalue weighted by Crippen LogP contribution is -2.60. The number of hydrogen-bond donors (Lipinski definition) is 1. The topological polar surface area (TPSA) is 423 Å². The standard InChI is InChI=1S/C19H28O9S.C17H22O9S.C14H20O4.C14H20O3.C12H14O4.C10H16O2/c1-4-19(2,3)18(22)26-8-7-25-14(20)5-6-15(21)27-16-11-9-12-13(10-11)29(23,24)28-17(12)16;1-9(2)17(20)24-6-5-23-13(18)3-4-14(19)25-15-10-7-11-12(8-10)27(21,22)26-16(11)15;1-4-14(2,3)13(16)18-10-7-5-8-9(6-7)12(15)17-11(8)10;1-9(2)12(15)17-14-6-10-3-11(7-14)5-13(16,4-10)8-14;1-5(2)11(13)15-9-6-3-7-8(4-6)12(14)16-10(7)9;1-8(2)9(11)12-10(3)6-4-5-7-10/h11-13,16-17H,4-10H2,1-3H3;10-12,15-16H,1,3-8H2,2H3;7-11H,4-6H2,1-3H3;10-11,16H,1,3-8H2,2H3;6-10H,1,3-4H2,2H3;1,4-7H2,2-3H3. The molecule has 4 aliphatic heterocycles. The minimum Gasteiger partial charge on any atom is -0.462 e. The first-order chi connectivity index (χ1) is 55.7. The fourth-order valence-electron chi connectivity index (χ4n) is 21.0. The maximum absolute atomic E-state index is 12.1. The van der Waals surface area contributed by atoms with E-state index in [1.54, 1.807) is 34.6 Å². The zero-order chi connectivity index (χ0) is 87.1. The van der Waals surface area contributed by atoms with Crippen molar-refractivity contribution in [2.75, 3.05) is 26.4 Å². The van der Waals surface area contributed by atoms with Gasteiger partial charge in [0, 0.05) is 76.1 Å². The van der Waals surface area contributed by atoms with E-state index in [-0.39, 0.29) is 171 Å². The number of esters is 12. The van der Waals surface area contributed by atoms with Gasteiger partial charge in [0.2, 0.25) is 0 Å². The molecule has 0 aromatic carbocycles. The van der Waals surface area contributed by atoms with Crippen molar-refractivity contribution in [2.45, 2.75) is 306 Å². The summed E-state index contributed by atoms with van der Waals surface area (Å²) in [7, 11) is -7.11. The minimum atomic E-state index is -3.56. The van der Waals surface area contributed by atoms with E-state index in [1.165, 1.54) is 26.2 Å². The number of ether oxygens (including phenoxy) is 12. The monoisotopic (exact) mass is 1710 g/mol. The van der Waals surface area contributed by atoms with Gasteiger partial charge in [-0.25, -0.2) is 19.2 Å². The molecule has 17 rings (SSSR count). The van der Waals surface area contributed by atoms with Crippen molar-refractivity contribution in [3.8, 4) is 0 Å². The molecule has 119 heavy (non-hydrogen) atoms. The largest absolute Gasteiger partial charge is 0.462 e. The van der Waals surface area contributed by atoms with Crippen molar-refractivity contribution in [1.82, 2.24) is 0 Å². The van der Waals surface area contributed by atoms with Crippen molar-refractivity contribution >= 4 is 91.9 Å². The molecule has 4 saturated heterocycles. The highest BCUT2D eigenvalue weighted by Crippen LogP contribution is 2.61. The van der Waals surface area contributed by atoms with Gasteiger partial charge in [-0.05, 0) is 196 Å². The SMILES string of the molecule is C=C(C)C(=O)OC1(C)CCCC1.C=C(C)C(=O)OC12CC3CC(CC(O)(C3)C1)C2.C=C(C)C(=O)OC1C2CC3C(=O)OC1C3C2.C=C(C)C(=O)OCCOC(=O)CCC(=O)OC1C2CC3C1OS(=O)(=O)C3C2.CCC(C)(C)C(=O)OC1C2CC3C(=O)OC1C3C2.CCC(C)(C)C(=O)OCCOC(=O)CCC(=O)OC1C2CC3C1OS(=O)(=O)C3C2. The molecule has 0 aromatic rings. The van der Waals surface area contributed by atoms with Gasteiger partial charge in [-0.1, -0.05) is 40.2 Å². The summed E-state index contributed by atoms with van der Waals surface area (Å²) in [5, 5.41) is 9.56. The van der Waals surface area contributed by atoms with Crippen LogP contribution in [0.2, 0.25) is 0 Å². The molecule has 0 radical (unpaired) electrons. The quantitative estimate of drug-likeness (QED) is 0.0277. The highest BCUT2D eigenvalue weighted by atomic mass is 32.2. The van der Waals surface area contributed by atoms with Crippen LogP contribution < -0.4 is 0 Å². The highest BCUT2D eigenvalue weighted by molar-refractivity contribution is 7.88. The maximum atomic E-state index is 12.1. The van der Waals surface area contributed by atoms with E-state index in [2.05, 4.69) is 26.3 Å². The summed E-state index contributed by atoms with van der Waals surface area (Å²) in [6.07, 6.45) is 13.2. The van der Waals surface area contributed by atoms with E-state index in [4.69, 9.17) is 65.2 Å². The summed E-state index contributed by atoms with van der Waals surface area (Å²) < 4.78 is 121. The minimum absolute atomic E-state index is 0.00904. The Labute approximate surface area is 696 Å². The molecule has 22 atom stereocenters. The molecule has 22 unspecified atom stereocenters. The molecule has 0 amide bonds. The molecule has 0 spiro atoms. The molecule has 17 aliphatic rings. The molecule has 0 aromatic heterocycles. The van der Waals surface area contributed by atoms with Gasteiger partial charge >= 0.3 is 71.6 Å². The smallest absolute Gasteiger partial charge is 0.333 e. The number of hydrogen-bond acceptors (Lipinski definition) is 31. The lowest BCUT2D eigenvalue weighted by atomic mass is 9.52. The first-order valence-corrected chi connectivity index (χ1v) is 45.2. The fourth-order valence-corrected chi connectivity index (χ4v) is 24.7. The van der Waals surface area contributed by atoms with Crippen molar-refractivity contribution in [3.63, 3.8) is 0 Å². The van der Waals surface area contributed by atoms with E-state index in [1.807, 2.05) is 34.6 Å². The molecule has 662 valence electrons. The number of aliphatic hydroxyl groups is 1. The van der Waals surface area contributed by atoms with Crippen LogP contribution in [-0.2, 0) is 143 Å². The summed E-state index contributed by atoms with van der Waals surface area (Å²) in [6.45, 7) is 33.5. The van der Waals surface area contributed by atoms with Crippen molar-refractivity contribution < 1.29 is 145 Å². The molecule has 17 fully saturated rings. The van der Waals surface area contributed by atoms with Gasteiger partial charge in [-0.15, -0.1) is 0 Å². The molecule has 4 heterocycles. The van der Waals surface area contributed by atoms with Crippen LogP contribution in [-0.4, -0.2) is 196 Å². The molecule has 13 saturated carbocycles. The van der Waals surface area contributed by atoms with Crippen LogP contribution in [0.4, 0.5) is 0 Å². The summed E-state index contributed by atoms with van der Waals surface area (Å²) in [6, 6.07) is 0. The Balaban J connectivity index is 0.000000143. The molecular weight excluding hydrogens is 1590 g/mol. The second-order valence-corrected chi connectivity index (χ2v) is 41.1. The van der Waals surface area contributed by atoms with E-state index < -0.39 is 107 Å². The van der Waals surface area contributed by atoms with Gasteiger partial charge in [-0.2, -0.15) is 16.8 Å². The third-order valence-electron chi connectivity index (χ3n) is 27.5. The number of rotatable bonds is 26. The van der Waals surface area contributed by atoms with Gasteiger partial charge in [0.05, 0.1) is 64.5 Å². The van der Waals surface area contributed by atoms with Gasteiger partial charge < -0.3 is 61.9 Å². The average Bonchev–Trinajstić information content (AvgIpc) is 1.69. The summed E-state index contributed by atoms with van der Waals surface area (Å²) >= 11 is 0. The summed E-state index contributed by atoms with van der Waals surface area (Å²) in [4.78, 5) is 140. The van der Waals surface area contributed by atoms with Crippen LogP contribution in [0.3, 0.4) is 0 Å². The molecule has 13 aliphatic carbocycles. The van der Waals surface area contributed by atoms with Crippen molar-refractivity contribution in [3.05, 3.63) is 48.6 Å². The van der Waals surface area contributed by atoms with Crippen LogP contribution in [0.25, 0.3) is 0 Å². The van der Waals surface area contributed by atoms with Gasteiger partial charge in [0.25, 0.3) is 20.2 Å². The van der Waals surface area contributed by atoms with E-state index in [0.29, 0.717) is 84.8 Å². The molecule has 31 nitrogen and oxygen atoms in total. The number of carbonyl (C=O) groups excluding carboxylic acids is 12. The Morgan fingerprint density at radius 3 is 1.25 bits per heavy atom. The number of fused-ring (bicyclic) bond motifs is 4. The first kappa shape index (κ1) is 92.1. The van der Waals surface area contributed by atoms with Gasteiger partial charge in [-0.3, -0.25) is 46.7 Å². The summed E-state index contributed by atoms with van der Waals surface area (Å²) in [5.74, 6) is -2.40. The van der Waals surface area contributed by atoms with Gasteiger partial charge in [0.1, 0.15) is 86.5 Å². The van der Waals surface area contributed by atoms with Gasteiger partial charge in [0.15, 0.2) is 0 Å². The normalized spacial score (nSPS) is 35.8. The Morgan fingerprint density at radius 2 is 0.824 bits per heavy atom. The van der Waals surface area contributed by atoms with Crippen molar-refractivity contribution in [1.29, 1.82) is 0 Å². The third kappa shape index (κ3) is 20.8. The Bertz CT molecular complexity index is 4210. The van der Waals surface area contributed by atoms with Crippen LogP contribution in [0.15, 0.2) is 48.6 Å². The van der Waals surface area contributed by atoms with E-state index >= 15 is 0 Å². The molecule has 33 heteroatoms. The predicted molar refractivity (Wildman–Crippen MR) is 417 cm³/mol. The van der Waals surface area contributed by atoms with Crippen LogP contribution in [0, 0.1) is 81.8 Å². The molecule has 12 bridgehead atoms. The van der Waals surface area contributed by atoms with Crippen LogP contribution in [0.1, 0.15) is 230 Å². The Kier molecular flexibility index (Phi) is 28.2. The lowest BCUT2D eigenvalue weighted by molar-refractivity contribution is -0.217. The first-order valence-electron chi connectivity index (χ1n) is 42.2. The second kappa shape index (κ2) is 36.4.